The predicted molar refractivity (Wildman–Crippen MR) is 106 cm³/mol. The van der Waals surface area contributed by atoms with Crippen LogP contribution in [0, 0.1) is 5.41 Å². The van der Waals surface area contributed by atoms with E-state index in [0.717, 1.165) is 17.7 Å². The normalized spacial score (nSPS) is 20.5. The number of nitrogens with one attached hydrogen (secondary N) is 1. The molecule has 1 spiro atoms. The van der Waals surface area contributed by atoms with Crippen molar-refractivity contribution in [2.24, 2.45) is 5.41 Å². The van der Waals surface area contributed by atoms with E-state index in [1.807, 2.05) is 0 Å². The number of hydrogen-bond donors (Lipinski definition) is 2. The van der Waals surface area contributed by atoms with E-state index in [0.29, 0.717) is 11.2 Å². The zero-order valence-electron chi connectivity index (χ0n) is 15.1. The summed E-state index contributed by atoms with van der Waals surface area (Å²) in [5.41, 5.74) is 2.66. The van der Waals surface area contributed by atoms with Gasteiger partial charge >= 0.3 is 0 Å². The molecule has 0 unspecified atom stereocenters. The molecule has 0 aliphatic carbocycles. The highest BCUT2D eigenvalue weighted by Gasteiger charge is 2.38. The fraction of sp³-hybridized carbons (Fsp3) is 0.684. The first-order chi connectivity index (χ1) is 10.4. The molecule has 1 aromatic carbocycles. The molecule has 5 heteroatoms. The average molecular weight is 375 g/mol. The minimum absolute atomic E-state index is 0. The van der Waals surface area contributed by atoms with Crippen molar-refractivity contribution in [3.8, 4) is 5.75 Å². The van der Waals surface area contributed by atoms with Crippen LogP contribution in [0.25, 0.3) is 0 Å². The first-order valence-corrected chi connectivity index (χ1v) is 8.64. The Hall–Kier alpha value is -0.480. The summed E-state index contributed by atoms with van der Waals surface area (Å²) in [6, 6.07) is 6.22. The van der Waals surface area contributed by atoms with Gasteiger partial charge < -0.3 is 10.4 Å². The van der Waals surface area contributed by atoms with Crippen LogP contribution in [0.15, 0.2) is 18.2 Å². The highest BCUT2D eigenvalue weighted by atomic mass is 35.5. The summed E-state index contributed by atoms with van der Waals surface area (Å²) in [5.74, 6) is 0.501. The number of halogens is 2. The number of piperidine rings is 1. The molecule has 0 bridgehead atoms. The highest BCUT2D eigenvalue weighted by molar-refractivity contribution is 5.85. The maximum absolute atomic E-state index is 10.6. The number of phenolic OH excluding ortho intramolecular Hbond substituents is 1. The van der Waals surface area contributed by atoms with Crippen LogP contribution in [-0.2, 0) is 12.0 Å². The van der Waals surface area contributed by atoms with Gasteiger partial charge in [-0.3, -0.25) is 4.90 Å². The van der Waals surface area contributed by atoms with E-state index >= 15 is 0 Å². The van der Waals surface area contributed by atoms with Gasteiger partial charge in [-0.25, -0.2) is 0 Å². The molecule has 0 aromatic heterocycles. The third-order valence-electron chi connectivity index (χ3n) is 5.50. The number of para-hydroxylation sites is 1. The molecule has 2 heterocycles. The summed E-state index contributed by atoms with van der Waals surface area (Å²) in [6.07, 6.45) is 3.92. The number of nitrogens with zero attached hydrogens (tertiary/aromatic N) is 1. The molecule has 0 saturated carbocycles. The molecule has 0 radical (unpaired) electrons. The summed E-state index contributed by atoms with van der Waals surface area (Å²) < 4.78 is 0. The van der Waals surface area contributed by atoms with Crippen LogP contribution in [-0.4, -0.2) is 36.2 Å². The van der Waals surface area contributed by atoms with Gasteiger partial charge in [0.1, 0.15) is 5.75 Å². The van der Waals surface area contributed by atoms with Crippen molar-refractivity contribution in [3.63, 3.8) is 0 Å². The SMILES string of the molecule is CC(C)(C)c1cccc(CN2CCC3(CCNCC3)C2)c1O.Cl.Cl. The largest absolute Gasteiger partial charge is 0.507 e. The Balaban J connectivity index is 0.00000144. The van der Waals surface area contributed by atoms with E-state index in [4.69, 9.17) is 0 Å². The number of likely N-dealkylation sites (tertiary alicyclic amines) is 1. The Morgan fingerprint density at radius 3 is 2.42 bits per heavy atom. The van der Waals surface area contributed by atoms with Crippen LogP contribution >= 0.6 is 24.8 Å². The maximum atomic E-state index is 10.6. The highest BCUT2D eigenvalue weighted by Crippen LogP contribution is 2.40. The number of rotatable bonds is 2. The second-order valence-electron chi connectivity index (χ2n) is 8.27. The van der Waals surface area contributed by atoms with Crippen LogP contribution in [0.2, 0.25) is 0 Å². The summed E-state index contributed by atoms with van der Waals surface area (Å²) >= 11 is 0. The van der Waals surface area contributed by atoms with Crippen LogP contribution in [0.4, 0.5) is 0 Å². The lowest BCUT2D eigenvalue weighted by atomic mass is 9.78. The zero-order valence-corrected chi connectivity index (χ0v) is 16.7. The quantitative estimate of drug-likeness (QED) is 0.817. The van der Waals surface area contributed by atoms with Gasteiger partial charge in [-0.1, -0.05) is 39.0 Å². The van der Waals surface area contributed by atoms with Gasteiger partial charge in [-0.15, -0.1) is 24.8 Å². The molecule has 2 aliphatic heterocycles. The molecule has 3 rings (SSSR count). The van der Waals surface area contributed by atoms with Gasteiger partial charge in [-0.05, 0) is 55.3 Å². The standard InChI is InChI=1S/C19H30N2O.2ClH/c1-18(2,3)16-6-4-5-15(17(16)22)13-21-12-9-19(14-21)7-10-20-11-8-19;;/h4-6,20,22H,7-14H2,1-3H3;2*1H. The lowest BCUT2D eigenvalue weighted by molar-refractivity contribution is 0.193. The Labute approximate surface area is 159 Å². The summed E-state index contributed by atoms with van der Waals surface area (Å²) in [7, 11) is 0. The van der Waals surface area contributed by atoms with E-state index in [1.54, 1.807) is 0 Å². The van der Waals surface area contributed by atoms with Crippen LogP contribution in [0.1, 0.15) is 51.2 Å². The van der Waals surface area contributed by atoms with E-state index in [-0.39, 0.29) is 30.2 Å². The molecule has 2 N–H and O–H groups in total. The Morgan fingerprint density at radius 1 is 1.12 bits per heavy atom. The number of phenols is 1. The summed E-state index contributed by atoms with van der Waals surface area (Å²) in [6.45, 7) is 12.0. The lowest BCUT2D eigenvalue weighted by Crippen LogP contribution is -2.38. The fourth-order valence-electron chi connectivity index (χ4n) is 4.09. The first-order valence-electron chi connectivity index (χ1n) is 8.64. The topological polar surface area (TPSA) is 35.5 Å². The van der Waals surface area contributed by atoms with Crippen molar-refractivity contribution in [2.45, 2.75) is 52.0 Å². The molecule has 2 aliphatic rings. The van der Waals surface area contributed by atoms with Gasteiger partial charge in [0.2, 0.25) is 0 Å². The van der Waals surface area contributed by atoms with E-state index in [1.165, 1.54) is 45.4 Å². The second kappa shape index (κ2) is 8.27. The Morgan fingerprint density at radius 2 is 1.79 bits per heavy atom. The van der Waals surface area contributed by atoms with Crippen LogP contribution in [0.3, 0.4) is 0 Å². The summed E-state index contributed by atoms with van der Waals surface area (Å²) in [5, 5.41) is 14.1. The molecule has 138 valence electrons. The molecule has 0 amide bonds. The Bertz CT molecular complexity index is 537. The first kappa shape index (κ1) is 21.6. The molecule has 1 aromatic rings. The monoisotopic (exact) mass is 374 g/mol. The van der Waals surface area contributed by atoms with Gasteiger partial charge in [0.05, 0.1) is 0 Å². The van der Waals surface area contributed by atoms with Crippen molar-refractivity contribution in [3.05, 3.63) is 29.3 Å². The predicted octanol–water partition coefficient (Wildman–Crippen LogP) is 4.11. The van der Waals surface area contributed by atoms with Crippen molar-refractivity contribution >= 4 is 24.8 Å². The average Bonchev–Trinajstić information content (AvgIpc) is 2.83. The van der Waals surface area contributed by atoms with Gasteiger partial charge in [0.25, 0.3) is 0 Å². The van der Waals surface area contributed by atoms with E-state index < -0.39 is 0 Å². The number of hydrogen-bond acceptors (Lipinski definition) is 3. The van der Waals surface area contributed by atoms with Crippen molar-refractivity contribution in [1.29, 1.82) is 0 Å². The lowest BCUT2D eigenvalue weighted by Gasteiger charge is -2.34. The molecule has 2 saturated heterocycles. The smallest absolute Gasteiger partial charge is 0.123 e. The van der Waals surface area contributed by atoms with Crippen LogP contribution in [0.5, 0.6) is 5.75 Å². The van der Waals surface area contributed by atoms with E-state index in [2.05, 4.69) is 49.2 Å². The zero-order chi connectivity index (χ0) is 15.8. The molecule has 24 heavy (non-hydrogen) atoms. The molecule has 2 fully saturated rings. The second-order valence-corrected chi connectivity index (χ2v) is 8.27. The fourth-order valence-corrected chi connectivity index (χ4v) is 4.09. The minimum atomic E-state index is -0.0125. The third kappa shape index (κ3) is 4.57. The van der Waals surface area contributed by atoms with Crippen molar-refractivity contribution in [1.82, 2.24) is 10.2 Å². The molecular weight excluding hydrogens is 343 g/mol. The van der Waals surface area contributed by atoms with Crippen molar-refractivity contribution in [2.75, 3.05) is 26.2 Å². The maximum Gasteiger partial charge on any atom is 0.123 e. The van der Waals surface area contributed by atoms with Crippen LogP contribution < -0.4 is 5.32 Å². The summed E-state index contributed by atoms with van der Waals surface area (Å²) in [4.78, 5) is 2.53. The van der Waals surface area contributed by atoms with E-state index in [9.17, 15) is 5.11 Å². The number of aromatic hydroxyl groups is 1. The van der Waals surface area contributed by atoms with Gasteiger partial charge in [0, 0.05) is 18.7 Å². The van der Waals surface area contributed by atoms with Gasteiger partial charge in [-0.2, -0.15) is 0 Å². The number of benzene rings is 1. The Kier molecular flexibility index (Phi) is 7.43. The minimum Gasteiger partial charge on any atom is -0.507 e. The third-order valence-corrected chi connectivity index (χ3v) is 5.50. The van der Waals surface area contributed by atoms with Crippen molar-refractivity contribution < 1.29 is 5.11 Å². The molecule has 0 atom stereocenters. The molecular formula is C19H32Cl2N2O. The molecule has 3 nitrogen and oxygen atoms in total. The van der Waals surface area contributed by atoms with Gasteiger partial charge in [0.15, 0.2) is 0 Å².